The van der Waals surface area contributed by atoms with Crippen molar-refractivity contribution >= 4 is 23.0 Å². The van der Waals surface area contributed by atoms with Gasteiger partial charge in [0, 0.05) is 0 Å². The molecule has 1 aromatic heterocycles. The Morgan fingerprint density at radius 2 is 2.29 bits per heavy atom. The van der Waals surface area contributed by atoms with Crippen LogP contribution < -0.4 is 5.73 Å². The molecule has 0 fully saturated rings. The topological polar surface area (TPSA) is 52.3 Å². The fourth-order valence-corrected chi connectivity index (χ4v) is 2.06. The van der Waals surface area contributed by atoms with Crippen molar-refractivity contribution in [3.05, 3.63) is 15.8 Å². The van der Waals surface area contributed by atoms with E-state index >= 15 is 0 Å². The fraction of sp³-hybridized carbons (Fsp3) is 0.500. The number of anilines is 1. The number of carbonyl (C=O) groups excluding carboxylic acids is 1. The van der Waals surface area contributed by atoms with Crippen LogP contribution in [0, 0.1) is 0 Å². The van der Waals surface area contributed by atoms with E-state index in [0.29, 0.717) is 17.2 Å². The Hall–Kier alpha value is -1.03. The van der Waals surface area contributed by atoms with E-state index in [-0.39, 0.29) is 5.97 Å². The Kier molecular flexibility index (Phi) is 3.95. The zero-order chi connectivity index (χ0) is 10.6. The zero-order valence-electron chi connectivity index (χ0n) is 8.50. The molecular weight excluding hydrogens is 198 g/mol. The van der Waals surface area contributed by atoms with Crippen LogP contribution in [-0.4, -0.2) is 12.6 Å². The van der Waals surface area contributed by atoms with Crippen LogP contribution in [0.15, 0.2) is 5.38 Å². The van der Waals surface area contributed by atoms with Crippen molar-refractivity contribution in [3.63, 3.8) is 0 Å². The van der Waals surface area contributed by atoms with E-state index in [1.165, 1.54) is 11.3 Å². The maximum absolute atomic E-state index is 11.5. The summed E-state index contributed by atoms with van der Waals surface area (Å²) in [6.07, 6.45) is 1.68. The van der Waals surface area contributed by atoms with Crippen LogP contribution in [0.4, 0.5) is 5.69 Å². The minimum absolute atomic E-state index is 0.297. The summed E-state index contributed by atoms with van der Waals surface area (Å²) in [6.45, 7) is 4.43. The predicted molar refractivity (Wildman–Crippen MR) is 58.7 cm³/mol. The minimum atomic E-state index is -0.297. The summed E-state index contributed by atoms with van der Waals surface area (Å²) in [6, 6.07) is 0. The smallest absolute Gasteiger partial charge is 0.350 e. The van der Waals surface area contributed by atoms with E-state index in [2.05, 4.69) is 0 Å². The molecule has 0 aliphatic carbocycles. The highest BCUT2D eigenvalue weighted by atomic mass is 32.1. The standard InChI is InChI=1S/C10H15NO2S/c1-3-5-13-10(12)9-8(11)7(4-2)6-14-9/h6H,3-5,11H2,1-2H3. The SMILES string of the molecule is CCCOC(=O)c1scc(CC)c1N. The molecule has 0 saturated carbocycles. The summed E-state index contributed by atoms with van der Waals surface area (Å²) in [5.41, 5.74) is 7.40. The van der Waals surface area contributed by atoms with Gasteiger partial charge in [0.05, 0.1) is 12.3 Å². The van der Waals surface area contributed by atoms with Gasteiger partial charge in [0.1, 0.15) is 4.88 Å². The van der Waals surface area contributed by atoms with Crippen LogP contribution in [-0.2, 0) is 11.2 Å². The molecule has 0 aromatic carbocycles. The van der Waals surface area contributed by atoms with Gasteiger partial charge in [-0.05, 0) is 23.8 Å². The molecule has 14 heavy (non-hydrogen) atoms. The third-order valence-corrected chi connectivity index (χ3v) is 2.94. The van der Waals surface area contributed by atoms with E-state index in [0.717, 1.165) is 18.4 Å². The Morgan fingerprint density at radius 1 is 1.57 bits per heavy atom. The highest BCUT2D eigenvalue weighted by Crippen LogP contribution is 2.26. The number of nitrogens with two attached hydrogens (primary N) is 1. The lowest BCUT2D eigenvalue weighted by molar-refractivity contribution is 0.0512. The van der Waals surface area contributed by atoms with Gasteiger partial charge < -0.3 is 10.5 Å². The number of ether oxygens (including phenoxy) is 1. The lowest BCUT2D eigenvalue weighted by Gasteiger charge is -2.01. The molecule has 0 amide bonds. The highest BCUT2D eigenvalue weighted by Gasteiger charge is 2.15. The van der Waals surface area contributed by atoms with E-state index < -0.39 is 0 Å². The molecule has 0 atom stereocenters. The molecule has 1 heterocycles. The minimum Gasteiger partial charge on any atom is -0.461 e. The summed E-state index contributed by atoms with van der Waals surface area (Å²) in [4.78, 5) is 12.0. The van der Waals surface area contributed by atoms with Crippen LogP contribution in [0.2, 0.25) is 0 Å². The van der Waals surface area contributed by atoms with Gasteiger partial charge in [0.15, 0.2) is 0 Å². The van der Waals surface area contributed by atoms with Gasteiger partial charge in [0.2, 0.25) is 0 Å². The third-order valence-electron chi connectivity index (χ3n) is 1.91. The van der Waals surface area contributed by atoms with E-state index in [9.17, 15) is 4.79 Å². The molecule has 0 aliphatic rings. The van der Waals surface area contributed by atoms with Gasteiger partial charge >= 0.3 is 5.97 Å². The number of rotatable bonds is 4. The molecule has 0 saturated heterocycles. The average molecular weight is 213 g/mol. The van der Waals surface area contributed by atoms with Crippen molar-refractivity contribution in [1.29, 1.82) is 0 Å². The summed E-state index contributed by atoms with van der Waals surface area (Å²) >= 11 is 1.36. The first-order valence-corrected chi connectivity index (χ1v) is 5.61. The average Bonchev–Trinajstić information content (AvgIpc) is 2.56. The first kappa shape index (κ1) is 11.0. The zero-order valence-corrected chi connectivity index (χ0v) is 9.32. The van der Waals surface area contributed by atoms with Crippen LogP contribution in [0.1, 0.15) is 35.5 Å². The summed E-state index contributed by atoms with van der Waals surface area (Å²) in [5, 5.41) is 1.91. The second kappa shape index (κ2) is 5.00. The molecule has 4 heteroatoms. The number of nitrogen functional groups attached to an aromatic ring is 1. The summed E-state index contributed by atoms with van der Waals surface area (Å²) in [7, 11) is 0. The number of carbonyl (C=O) groups is 1. The van der Waals surface area contributed by atoms with Crippen molar-refractivity contribution in [2.45, 2.75) is 26.7 Å². The van der Waals surface area contributed by atoms with Crippen LogP contribution in [0.25, 0.3) is 0 Å². The molecule has 0 bridgehead atoms. The molecule has 3 nitrogen and oxygen atoms in total. The largest absolute Gasteiger partial charge is 0.461 e. The fourth-order valence-electron chi connectivity index (χ4n) is 1.10. The first-order chi connectivity index (χ1) is 6.70. The first-order valence-electron chi connectivity index (χ1n) is 4.73. The van der Waals surface area contributed by atoms with E-state index in [4.69, 9.17) is 10.5 Å². The van der Waals surface area contributed by atoms with Crippen LogP contribution >= 0.6 is 11.3 Å². The van der Waals surface area contributed by atoms with Gasteiger partial charge in [-0.1, -0.05) is 13.8 Å². The normalized spacial score (nSPS) is 10.1. The lowest BCUT2D eigenvalue weighted by atomic mass is 10.2. The molecule has 0 spiro atoms. The number of hydrogen-bond donors (Lipinski definition) is 1. The van der Waals surface area contributed by atoms with Crippen LogP contribution in [0.3, 0.4) is 0 Å². The third kappa shape index (κ3) is 2.26. The van der Waals surface area contributed by atoms with Gasteiger partial charge in [-0.2, -0.15) is 0 Å². The van der Waals surface area contributed by atoms with Crippen molar-refractivity contribution < 1.29 is 9.53 Å². The molecule has 0 radical (unpaired) electrons. The monoisotopic (exact) mass is 213 g/mol. The second-order valence-corrected chi connectivity index (χ2v) is 3.87. The molecule has 0 unspecified atom stereocenters. The Bertz CT molecular complexity index is 320. The molecule has 1 aromatic rings. The van der Waals surface area contributed by atoms with E-state index in [1.54, 1.807) is 0 Å². The number of esters is 1. The molecule has 1 rings (SSSR count). The number of aryl methyl sites for hydroxylation is 1. The quantitative estimate of drug-likeness (QED) is 0.782. The summed E-state index contributed by atoms with van der Waals surface area (Å²) in [5.74, 6) is -0.297. The Balaban J connectivity index is 2.75. The second-order valence-electron chi connectivity index (χ2n) is 2.99. The van der Waals surface area contributed by atoms with Crippen molar-refractivity contribution in [2.24, 2.45) is 0 Å². The lowest BCUT2D eigenvalue weighted by Crippen LogP contribution is -2.06. The van der Waals surface area contributed by atoms with E-state index in [1.807, 2.05) is 19.2 Å². The molecule has 2 N–H and O–H groups in total. The maximum Gasteiger partial charge on any atom is 0.350 e. The Labute approximate surface area is 87.9 Å². The molecule has 78 valence electrons. The predicted octanol–water partition coefficient (Wildman–Crippen LogP) is 2.46. The van der Waals surface area contributed by atoms with Crippen molar-refractivity contribution in [3.8, 4) is 0 Å². The maximum atomic E-state index is 11.5. The van der Waals surface area contributed by atoms with Crippen molar-refractivity contribution in [2.75, 3.05) is 12.3 Å². The van der Waals surface area contributed by atoms with Crippen molar-refractivity contribution in [1.82, 2.24) is 0 Å². The molecular formula is C10H15NO2S. The van der Waals surface area contributed by atoms with Gasteiger partial charge in [-0.3, -0.25) is 0 Å². The molecule has 0 aliphatic heterocycles. The number of thiophene rings is 1. The van der Waals surface area contributed by atoms with Gasteiger partial charge in [0.25, 0.3) is 0 Å². The number of hydrogen-bond acceptors (Lipinski definition) is 4. The van der Waals surface area contributed by atoms with Crippen LogP contribution in [0.5, 0.6) is 0 Å². The summed E-state index contributed by atoms with van der Waals surface area (Å²) < 4.78 is 5.01. The van der Waals surface area contributed by atoms with Gasteiger partial charge in [-0.25, -0.2) is 4.79 Å². The van der Waals surface area contributed by atoms with Gasteiger partial charge in [-0.15, -0.1) is 11.3 Å². The Morgan fingerprint density at radius 3 is 2.79 bits per heavy atom. The highest BCUT2D eigenvalue weighted by molar-refractivity contribution is 7.12.